The molecule has 0 radical (unpaired) electrons. The summed E-state index contributed by atoms with van der Waals surface area (Å²) in [5.41, 5.74) is 10.8. The van der Waals surface area contributed by atoms with Crippen molar-refractivity contribution < 1.29 is 14.3 Å². The van der Waals surface area contributed by atoms with Crippen LogP contribution in [0.5, 0.6) is 5.75 Å². The monoisotopic (exact) mass is 427 g/mol. The van der Waals surface area contributed by atoms with Gasteiger partial charge in [-0.05, 0) is 19.1 Å². The molecule has 1 aromatic carbocycles. The van der Waals surface area contributed by atoms with E-state index in [2.05, 4.69) is 10.4 Å². The third-order valence-electron chi connectivity index (χ3n) is 5.19. The molecule has 3 aliphatic rings. The predicted molar refractivity (Wildman–Crippen MR) is 115 cm³/mol. The Morgan fingerprint density at radius 3 is 2.90 bits per heavy atom. The van der Waals surface area contributed by atoms with Gasteiger partial charge < -0.3 is 20.1 Å². The molecule has 1 atom stereocenters. The van der Waals surface area contributed by atoms with E-state index in [0.717, 1.165) is 5.56 Å². The molecule has 1 unspecified atom stereocenters. The molecule has 12 heteroatoms. The van der Waals surface area contributed by atoms with Crippen molar-refractivity contribution in [2.75, 3.05) is 39.9 Å². The minimum atomic E-state index is -0.717. The molecule has 1 aromatic rings. The van der Waals surface area contributed by atoms with Crippen LogP contribution < -0.4 is 15.9 Å². The van der Waals surface area contributed by atoms with Crippen molar-refractivity contribution in [1.29, 1.82) is 10.8 Å². The van der Waals surface area contributed by atoms with Gasteiger partial charge in [0, 0.05) is 25.2 Å². The Morgan fingerprint density at radius 2 is 2.19 bits per heavy atom. The topological polar surface area (TPSA) is 156 Å². The number of guanidine groups is 1. The SMILES string of the molecule is CCOC(=O)C(=N)N1CCN(CC2N=C3c4cccc(OC)c4N=C(N)N3N2)CC1=N. The van der Waals surface area contributed by atoms with E-state index in [1.54, 1.807) is 19.0 Å². The number of hydrogen-bond donors (Lipinski definition) is 4. The smallest absolute Gasteiger partial charge is 0.373 e. The molecule has 3 heterocycles. The number of amidine groups is 3. The molecular formula is C19H25N9O3. The molecule has 0 bridgehead atoms. The number of benzene rings is 1. The summed E-state index contributed by atoms with van der Waals surface area (Å²) in [4.78, 5) is 24.4. The summed E-state index contributed by atoms with van der Waals surface area (Å²) in [6, 6.07) is 5.62. The molecule has 5 N–H and O–H groups in total. The molecule has 164 valence electrons. The van der Waals surface area contributed by atoms with Gasteiger partial charge in [-0.1, -0.05) is 6.07 Å². The third-order valence-corrected chi connectivity index (χ3v) is 5.19. The van der Waals surface area contributed by atoms with Crippen LogP contribution in [0.25, 0.3) is 0 Å². The minimum absolute atomic E-state index is 0.170. The van der Waals surface area contributed by atoms with Gasteiger partial charge >= 0.3 is 5.97 Å². The maximum atomic E-state index is 11.8. The van der Waals surface area contributed by atoms with Crippen LogP contribution in [0, 0.1) is 10.8 Å². The van der Waals surface area contributed by atoms with Gasteiger partial charge in [-0.2, -0.15) is 5.43 Å². The Hall–Kier alpha value is -3.51. The van der Waals surface area contributed by atoms with Gasteiger partial charge in [-0.15, -0.1) is 0 Å². The summed E-state index contributed by atoms with van der Waals surface area (Å²) in [6.45, 7) is 3.62. The standard InChI is InChI=1S/C19H25N9O3/c1-3-31-18(29)16(21)27-8-7-26(9-13(27)20)10-14-23-17-11-5-4-6-12(30-2)15(11)24-19(22)28(17)25-14/h4-6,14,20-21,25H,3,7-10H2,1-2H3,(H2,22,24). The number of ether oxygens (including phenoxy) is 2. The maximum absolute atomic E-state index is 11.8. The van der Waals surface area contributed by atoms with E-state index in [-0.39, 0.29) is 30.4 Å². The number of piperazine rings is 1. The molecule has 3 aliphatic heterocycles. The molecule has 1 fully saturated rings. The van der Waals surface area contributed by atoms with Crippen molar-refractivity contribution >= 4 is 35.1 Å². The van der Waals surface area contributed by atoms with Crippen LogP contribution in [0.15, 0.2) is 28.2 Å². The fourth-order valence-electron chi connectivity index (χ4n) is 3.75. The van der Waals surface area contributed by atoms with Gasteiger partial charge in [0.05, 0.1) is 20.3 Å². The normalized spacial score (nSPS) is 20.6. The minimum Gasteiger partial charge on any atom is -0.494 e. The average Bonchev–Trinajstić information content (AvgIpc) is 3.18. The van der Waals surface area contributed by atoms with Crippen LogP contribution in [-0.2, 0) is 9.53 Å². The fraction of sp³-hybridized carbons (Fsp3) is 0.421. The summed E-state index contributed by atoms with van der Waals surface area (Å²) in [5.74, 6) is 0.717. The van der Waals surface area contributed by atoms with E-state index in [1.165, 1.54) is 4.90 Å². The van der Waals surface area contributed by atoms with Crippen molar-refractivity contribution in [3.05, 3.63) is 23.8 Å². The van der Waals surface area contributed by atoms with Crippen LogP contribution in [0.3, 0.4) is 0 Å². The summed E-state index contributed by atoms with van der Waals surface area (Å²) >= 11 is 0. The van der Waals surface area contributed by atoms with Crippen molar-refractivity contribution in [3.8, 4) is 5.75 Å². The number of carbonyl (C=O) groups is 1. The Bertz CT molecular complexity index is 990. The Labute approximate surface area is 179 Å². The number of rotatable bonds is 4. The zero-order chi connectivity index (χ0) is 22.1. The van der Waals surface area contributed by atoms with Crippen molar-refractivity contribution in [2.45, 2.75) is 13.1 Å². The summed E-state index contributed by atoms with van der Waals surface area (Å²) in [6.07, 6.45) is -0.287. The molecule has 1 saturated heterocycles. The lowest BCUT2D eigenvalue weighted by Crippen LogP contribution is -2.57. The number of nitrogens with zero attached hydrogens (tertiary/aromatic N) is 5. The lowest BCUT2D eigenvalue weighted by Gasteiger charge is -2.36. The maximum Gasteiger partial charge on any atom is 0.373 e. The third kappa shape index (κ3) is 3.82. The second-order valence-corrected chi connectivity index (χ2v) is 7.16. The van der Waals surface area contributed by atoms with Crippen LogP contribution >= 0.6 is 0 Å². The summed E-state index contributed by atoms with van der Waals surface area (Å²) < 4.78 is 10.3. The second-order valence-electron chi connectivity index (χ2n) is 7.16. The van der Waals surface area contributed by atoms with E-state index in [0.29, 0.717) is 43.5 Å². The zero-order valence-corrected chi connectivity index (χ0v) is 17.4. The van der Waals surface area contributed by atoms with E-state index in [1.807, 2.05) is 23.1 Å². The molecule has 0 saturated carbocycles. The number of methoxy groups -OCH3 is 1. The molecule has 12 nitrogen and oxygen atoms in total. The highest BCUT2D eigenvalue weighted by Crippen LogP contribution is 2.35. The first kappa shape index (κ1) is 20.8. The summed E-state index contributed by atoms with van der Waals surface area (Å²) in [7, 11) is 1.58. The number of fused-ring (bicyclic) bond motifs is 3. The Balaban J connectivity index is 1.44. The van der Waals surface area contributed by atoms with Gasteiger partial charge in [0.15, 0.2) is 5.84 Å². The van der Waals surface area contributed by atoms with Crippen LogP contribution in [0.1, 0.15) is 12.5 Å². The highest BCUT2D eigenvalue weighted by Gasteiger charge is 2.36. The van der Waals surface area contributed by atoms with Crippen LogP contribution in [-0.4, -0.2) is 90.3 Å². The number of esters is 1. The number of hydrogen-bond acceptors (Lipinski definition) is 11. The number of aliphatic imine (C=N–C) groups is 2. The van der Waals surface area contributed by atoms with Gasteiger partial charge in [0.25, 0.3) is 0 Å². The first-order valence-corrected chi connectivity index (χ1v) is 9.91. The molecular weight excluding hydrogens is 402 g/mol. The highest BCUT2D eigenvalue weighted by molar-refractivity contribution is 6.37. The lowest BCUT2D eigenvalue weighted by molar-refractivity contribution is -0.135. The van der Waals surface area contributed by atoms with Gasteiger partial charge in [-0.3, -0.25) is 15.7 Å². The first-order chi connectivity index (χ1) is 14.9. The van der Waals surface area contributed by atoms with E-state index < -0.39 is 5.97 Å². The molecule has 4 rings (SSSR count). The Kier molecular flexibility index (Phi) is 5.57. The van der Waals surface area contributed by atoms with Crippen molar-refractivity contribution in [3.63, 3.8) is 0 Å². The largest absolute Gasteiger partial charge is 0.494 e. The Morgan fingerprint density at radius 1 is 1.39 bits per heavy atom. The number of hydrazine groups is 1. The molecule has 0 aliphatic carbocycles. The zero-order valence-electron chi connectivity index (χ0n) is 17.4. The van der Waals surface area contributed by atoms with Crippen molar-refractivity contribution in [2.24, 2.45) is 15.7 Å². The van der Waals surface area contributed by atoms with Gasteiger partial charge in [-0.25, -0.2) is 19.8 Å². The van der Waals surface area contributed by atoms with Gasteiger partial charge in [0.2, 0.25) is 11.8 Å². The van der Waals surface area contributed by atoms with Crippen molar-refractivity contribution in [1.82, 2.24) is 20.2 Å². The van der Waals surface area contributed by atoms with Crippen LogP contribution in [0.4, 0.5) is 5.69 Å². The highest BCUT2D eigenvalue weighted by atomic mass is 16.5. The molecule has 0 amide bonds. The molecule has 31 heavy (non-hydrogen) atoms. The second kappa shape index (κ2) is 8.32. The van der Waals surface area contributed by atoms with E-state index in [9.17, 15) is 4.79 Å². The average molecular weight is 427 g/mol. The van der Waals surface area contributed by atoms with E-state index >= 15 is 0 Å². The molecule has 0 aromatic heterocycles. The van der Waals surface area contributed by atoms with E-state index in [4.69, 9.17) is 31.0 Å². The first-order valence-electron chi connectivity index (χ1n) is 9.91. The quantitative estimate of drug-likeness (QED) is 0.289. The number of nitrogens with one attached hydrogen (secondary N) is 3. The fourth-order valence-corrected chi connectivity index (χ4v) is 3.75. The van der Waals surface area contributed by atoms with Gasteiger partial charge in [0.1, 0.15) is 23.4 Å². The lowest BCUT2D eigenvalue weighted by atomic mass is 10.1. The molecule has 0 spiro atoms. The number of carbonyl (C=O) groups excluding carboxylic acids is 1. The predicted octanol–water partition coefficient (Wildman–Crippen LogP) is -0.317. The number of para-hydroxylation sites is 1. The van der Waals surface area contributed by atoms with Crippen LogP contribution in [0.2, 0.25) is 0 Å². The summed E-state index contributed by atoms with van der Waals surface area (Å²) in [5, 5.41) is 17.9. The number of nitrogens with two attached hydrogens (primary N) is 1.